The van der Waals surface area contributed by atoms with Gasteiger partial charge in [-0.15, -0.1) is 11.8 Å². The van der Waals surface area contributed by atoms with Crippen LogP contribution in [0, 0.1) is 0 Å². The third-order valence-corrected chi connectivity index (χ3v) is 5.38. The van der Waals surface area contributed by atoms with E-state index in [1.807, 2.05) is 48.5 Å². The van der Waals surface area contributed by atoms with Crippen molar-refractivity contribution in [1.29, 1.82) is 0 Å². The Hall–Kier alpha value is -2.14. The first-order chi connectivity index (χ1) is 12.5. The van der Waals surface area contributed by atoms with Crippen LogP contribution >= 0.6 is 11.8 Å². The first kappa shape index (κ1) is 18.6. The molecule has 1 heterocycles. The Labute approximate surface area is 159 Å². The van der Waals surface area contributed by atoms with Crippen molar-refractivity contribution >= 4 is 17.7 Å². The van der Waals surface area contributed by atoms with E-state index in [9.17, 15) is 4.79 Å². The van der Waals surface area contributed by atoms with Gasteiger partial charge in [-0.3, -0.25) is 4.79 Å². The van der Waals surface area contributed by atoms with Crippen LogP contribution in [0.2, 0.25) is 0 Å². The van der Waals surface area contributed by atoms with Gasteiger partial charge in [0.1, 0.15) is 17.1 Å². The van der Waals surface area contributed by atoms with Crippen molar-refractivity contribution in [3.05, 3.63) is 59.7 Å². The average Bonchev–Trinajstić information content (AvgIpc) is 2.61. The Balaban J connectivity index is 1.54. The Morgan fingerprint density at radius 1 is 1.23 bits per heavy atom. The second kappa shape index (κ2) is 8.04. The molecule has 0 unspecified atom stereocenters. The van der Waals surface area contributed by atoms with E-state index >= 15 is 0 Å². The fourth-order valence-corrected chi connectivity index (χ4v) is 3.95. The Bertz CT molecular complexity index is 758. The molecule has 0 bridgehead atoms. The van der Waals surface area contributed by atoms with Crippen LogP contribution in [0.25, 0.3) is 0 Å². The number of ether oxygens (including phenoxy) is 2. The number of rotatable bonds is 6. The molecule has 138 valence electrons. The van der Waals surface area contributed by atoms with Crippen LogP contribution < -0.4 is 14.8 Å². The summed E-state index contributed by atoms with van der Waals surface area (Å²) in [4.78, 5) is 12.4. The fraction of sp³-hybridized carbons (Fsp3) is 0.381. The maximum atomic E-state index is 12.4. The molecule has 0 saturated heterocycles. The highest BCUT2D eigenvalue weighted by atomic mass is 32.2. The molecule has 1 aliphatic heterocycles. The van der Waals surface area contributed by atoms with E-state index in [2.05, 4.69) is 19.2 Å². The van der Waals surface area contributed by atoms with Gasteiger partial charge in [-0.25, -0.2) is 0 Å². The topological polar surface area (TPSA) is 47.6 Å². The molecule has 1 atom stereocenters. The molecule has 1 aliphatic rings. The summed E-state index contributed by atoms with van der Waals surface area (Å²) in [5.41, 5.74) is 1.95. The van der Waals surface area contributed by atoms with Crippen molar-refractivity contribution in [2.24, 2.45) is 0 Å². The minimum Gasteiger partial charge on any atom is -0.497 e. The van der Waals surface area contributed by atoms with E-state index in [0.717, 1.165) is 29.2 Å². The third kappa shape index (κ3) is 4.73. The summed E-state index contributed by atoms with van der Waals surface area (Å²) >= 11 is 1.61. The zero-order valence-electron chi connectivity index (χ0n) is 15.5. The van der Waals surface area contributed by atoms with Gasteiger partial charge >= 0.3 is 0 Å². The number of methoxy groups -OCH3 is 1. The number of fused-ring (bicyclic) bond motifs is 1. The van der Waals surface area contributed by atoms with Gasteiger partial charge in [0.2, 0.25) is 5.91 Å². The maximum absolute atomic E-state index is 12.4. The molecule has 3 rings (SSSR count). The number of thioether (sulfide) groups is 1. The first-order valence-electron chi connectivity index (χ1n) is 8.75. The van der Waals surface area contributed by atoms with Crippen molar-refractivity contribution in [3.8, 4) is 11.5 Å². The van der Waals surface area contributed by atoms with Gasteiger partial charge in [-0.2, -0.15) is 0 Å². The summed E-state index contributed by atoms with van der Waals surface area (Å²) in [6.07, 6.45) is 0.763. The van der Waals surface area contributed by atoms with Gasteiger partial charge in [-0.05, 0) is 37.6 Å². The number of benzene rings is 2. The lowest BCUT2D eigenvalue weighted by Gasteiger charge is -2.37. The largest absolute Gasteiger partial charge is 0.497 e. The quantitative estimate of drug-likeness (QED) is 0.820. The number of hydrogen-bond acceptors (Lipinski definition) is 4. The van der Waals surface area contributed by atoms with Gasteiger partial charge < -0.3 is 14.8 Å². The fourth-order valence-electron chi connectivity index (χ4n) is 3.15. The van der Waals surface area contributed by atoms with E-state index in [4.69, 9.17) is 9.47 Å². The summed E-state index contributed by atoms with van der Waals surface area (Å²) in [5, 5.41) is 3.18. The molecular weight excluding hydrogens is 346 g/mol. The highest BCUT2D eigenvalue weighted by Gasteiger charge is 2.34. The monoisotopic (exact) mass is 371 g/mol. The molecule has 4 nitrogen and oxygen atoms in total. The second-order valence-electron chi connectivity index (χ2n) is 7.06. The average molecular weight is 372 g/mol. The van der Waals surface area contributed by atoms with Gasteiger partial charge in [0.15, 0.2) is 0 Å². The Morgan fingerprint density at radius 2 is 1.96 bits per heavy atom. The van der Waals surface area contributed by atoms with Crippen LogP contribution in [0.5, 0.6) is 11.5 Å². The van der Waals surface area contributed by atoms with Crippen LogP contribution in [0.4, 0.5) is 0 Å². The van der Waals surface area contributed by atoms with E-state index in [-0.39, 0.29) is 17.6 Å². The van der Waals surface area contributed by atoms with Gasteiger partial charge in [-0.1, -0.05) is 30.3 Å². The molecule has 2 aromatic carbocycles. The van der Waals surface area contributed by atoms with Crippen LogP contribution in [0.15, 0.2) is 48.5 Å². The molecule has 1 amide bonds. The lowest BCUT2D eigenvalue weighted by molar-refractivity contribution is -0.119. The molecule has 0 radical (unpaired) electrons. The minimum absolute atomic E-state index is 0.0102. The molecule has 0 fully saturated rings. The number of nitrogens with one attached hydrogen (secondary N) is 1. The molecule has 1 N–H and O–H groups in total. The molecule has 0 saturated carbocycles. The number of carbonyl (C=O) groups is 1. The summed E-state index contributed by atoms with van der Waals surface area (Å²) < 4.78 is 11.2. The zero-order chi connectivity index (χ0) is 18.6. The zero-order valence-corrected chi connectivity index (χ0v) is 16.3. The van der Waals surface area contributed by atoms with Crippen LogP contribution in [-0.4, -0.2) is 24.4 Å². The normalized spacial score (nSPS) is 17.7. The predicted molar refractivity (Wildman–Crippen MR) is 106 cm³/mol. The SMILES string of the molecule is COc1ccc(CSCC(=O)N[C@@H]2CC(C)(C)Oc3ccccc32)cc1. The van der Waals surface area contributed by atoms with Crippen molar-refractivity contribution < 1.29 is 14.3 Å². The molecule has 2 aromatic rings. The molecule has 26 heavy (non-hydrogen) atoms. The van der Waals surface area contributed by atoms with Crippen LogP contribution in [0.3, 0.4) is 0 Å². The molecule has 0 spiro atoms. The van der Waals surface area contributed by atoms with Crippen LogP contribution in [-0.2, 0) is 10.5 Å². The number of hydrogen-bond donors (Lipinski definition) is 1. The van der Waals surface area contributed by atoms with Crippen molar-refractivity contribution in [3.63, 3.8) is 0 Å². The Morgan fingerprint density at radius 3 is 2.69 bits per heavy atom. The second-order valence-corrected chi connectivity index (χ2v) is 8.05. The van der Waals surface area contributed by atoms with Crippen molar-refractivity contribution in [1.82, 2.24) is 5.32 Å². The maximum Gasteiger partial charge on any atom is 0.230 e. The van der Waals surface area contributed by atoms with Gasteiger partial charge in [0.05, 0.1) is 18.9 Å². The number of carbonyl (C=O) groups excluding carboxylic acids is 1. The lowest BCUT2D eigenvalue weighted by atomic mass is 9.90. The molecule has 5 heteroatoms. The van der Waals surface area contributed by atoms with Gasteiger partial charge in [0, 0.05) is 17.7 Å². The van der Waals surface area contributed by atoms with E-state index < -0.39 is 0 Å². The number of amides is 1. The van der Waals surface area contributed by atoms with Crippen molar-refractivity contribution in [2.45, 2.75) is 37.7 Å². The predicted octanol–water partition coefficient (Wildman–Crippen LogP) is 4.35. The van der Waals surface area contributed by atoms with E-state index in [0.29, 0.717) is 5.75 Å². The smallest absolute Gasteiger partial charge is 0.230 e. The minimum atomic E-state index is -0.289. The lowest BCUT2D eigenvalue weighted by Crippen LogP contribution is -2.41. The molecule has 0 aliphatic carbocycles. The summed E-state index contributed by atoms with van der Waals surface area (Å²) in [5.74, 6) is 3.00. The molecular formula is C21H25NO3S. The van der Waals surface area contributed by atoms with Gasteiger partial charge in [0.25, 0.3) is 0 Å². The van der Waals surface area contributed by atoms with Crippen LogP contribution in [0.1, 0.15) is 37.4 Å². The van der Waals surface area contributed by atoms with E-state index in [1.165, 1.54) is 5.56 Å². The number of para-hydroxylation sites is 1. The summed E-state index contributed by atoms with van der Waals surface area (Å²) in [6.45, 7) is 4.11. The summed E-state index contributed by atoms with van der Waals surface area (Å²) in [7, 11) is 1.66. The van der Waals surface area contributed by atoms with Crippen molar-refractivity contribution in [2.75, 3.05) is 12.9 Å². The Kier molecular flexibility index (Phi) is 5.77. The molecule has 0 aromatic heterocycles. The standard InChI is InChI=1S/C21H25NO3S/c1-21(2)12-18(17-6-4-5-7-19(17)25-21)22-20(23)14-26-13-15-8-10-16(24-3)11-9-15/h4-11,18H,12-14H2,1-3H3,(H,22,23)/t18-/m1/s1. The highest BCUT2D eigenvalue weighted by Crippen LogP contribution is 2.39. The third-order valence-electron chi connectivity index (χ3n) is 4.37. The first-order valence-corrected chi connectivity index (χ1v) is 9.90. The summed E-state index contributed by atoms with van der Waals surface area (Å²) in [6, 6.07) is 15.9. The highest BCUT2D eigenvalue weighted by molar-refractivity contribution is 7.99. The van der Waals surface area contributed by atoms with E-state index in [1.54, 1.807) is 18.9 Å².